The second-order valence-electron chi connectivity index (χ2n) is 4.22. The highest BCUT2D eigenvalue weighted by Gasteiger charge is 2.20. The summed E-state index contributed by atoms with van der Waals surface area (Å²) in [5.41, 5.74) is 7.15. The van der Waals surface area contributed by atoms with Crippen molar-refractivity contribution in [3.05, 3.63) is 29.5 Å². The van der Waals surface area contributed by atoms with Crippen LogP contribution in [-0.4, -0.2) is 32.4 Å². The summed E-state index contributed by atoms with van der Waals surface area (Å²) in [4.78, 5) is 15.8. The van der Waals surface area contributed by atoms with Crippen molar-refractivity contribution in [3.8, 4) is 0 Å². The topological polar surface area (TPSA) is 88.0 Å². The number of nitrogens with zero attached hydrogens (tertiary/aromatic N) is 4. The number of imidazole rings is 1. The van der Waals surface area contributed by atoms with Gasteiger partial charge in [0, 0.05) is 25.2 Å². The fraction of sp³-hybridized carbons (Fsp3) is 0.417. The molecule has 0 aromatic carbocycles. The molecule has 0 saturated heterocycles. The molecule has 0 aliphatic rings. The summed E-state index contributed by atoms with van der Waals surface area (Å²) in [5.74, 6) is 0.562. The van der Waals surface area contributed by atoms with Gasteiger partial charge in [0.2, 0.25) is 0 Å². The maximum absolute atomic E-state index is 11.6. The molecule has 0 unspecified atom stereocenters. The Labute approximate surface area is 111 Å². The molecule has 2 aromatic heterocycles. The number of methoxy groups -OCH3 is 1. The summed E-state index contributed by atoms with van der Waals surface area (Å²) in [6, 6.07) is 0. The van der Waals surface area contributed by atoms with Crippen molar-refractivity contribution < 1.29 is 9.53 Å². The number of ether oxygens (including phenoxy) is 1. The minimum Gasteiger partial charge on any atom is -0.464 e. The highest BCUT2D eigenvalue weighted by molar-refractivity contribution is 5.92. The first kappa shape index (κ1) is 13.1. The average molecular weight is 263 g/mol. The molecule has 0 aliphatic heterocycles. The van der Waals surface area contributed by atoms with Gasteiger partial charge >= 0.3 is 5.97 Å². The van der Waals surface area contributed by atoms with E-state index in [2.05, 4.69) is 14.8 Å². The molecule has 19 heavy (non-hydrogen) atoms. The predicted octanol–water partition coefficient (Wildman–Crippen LogP) is 0.596. The lowest BCUT2D eigenvalue weighted by Gasteiger charge is -2.06. The first-order chi connectivity index (χ1) is 9.06. The number of nitrogens with two attached hydrogens (primary N) is 1. The molecule has 0 spiro atoms. The highest BCUT2D eigenvalue weighted by Crippen LogP contribution is 2.18. The Hall–Kier alpha value is -2.31. The lowest BCUT2D eigenvalue weighted by molar-refractivity contribution is 0.0595. The number of hydrogen-bond acceptors (Lipinski definition) is 5. The van der Waals surface area contributed by atoms with E-state index in [1.165, 1.54) is 7.11 Å². The number of nitrogen functional groups attached to an aromatic ring is 1. The van der Waals surface area contributed by atoms with E-state index in [0.717, 1.165) is 11.4 Å². The van der Waals surface area contributed by atoms with E-state index in [1.54, 1.807) is 10.9 Å². The molecular weight excluding hydrogens is 246 g/mol. The van der Waals surface area contributed by atoms with Crippen molar-refractivity contribution in [2.24, 2.45) is 7.05 Å². The minimum atomic E-state index is -0.517. The summed E-state index contributed by atoms with van der Waals surface area (Å²) < 4.78 is 8.20. The fourth-order valence-corrected chi connectivity index (χ4v) is 1.94. The Morgan fingerprint density at radius 1 is 1.53 bits per heavy atom. The van der Waals surface area contributed by atoms with Crippen LogP contribution in [-0.2, 0) is 24.8 Å². The van der Waals surface area contributed by atoms with Gasteiger partial charge in [-0.05, 0) is 0 Å². The summed E-state index contributed by atoms with van der Waals surface area (Å²) in [5, 5.41) is 4.11. The van der Waals surface area contributed by atoms with Crippen LogP contribution in [0.1, 0.15) is 28.8 Å². The van der Waals surface area contributed by atoms with Gasteiger partial charge in [0.15, 0.2) is 5.69 Å². The SMILES string of the molecule is CCc1nc(C(=O)OC)c(N)n1Cc1cnn(C)c1. The van der Waals surface area contributed by atoms with Crippen LogP contribution < -0.4 is 5.73 Å². The van der Waals surface area contributed by atoms with Crippen LogP contribution in [0.2, 0.25) is 0 Å². The lowest BCUT2D eigenvalue weighted by Crippen LogP contribution is -2.10. The first-order valence-corrected chi connectivity index (χ1v) is 5.97. The summed E-state index contributed by atoms with van der Waals surface area (Å²) >= 11 is 0. The van der Waals surface area contributed by atoms with Crippen LogP contribution in [0.3, 0.4) is 0 Å². The number of aryl methyl sites for hydroxylation is 2. The maximum Gasteiger partial charge on any atom is 0.360 e. The molecule has 2 rings (SSSR count). The highest BCUT2D eigenvalue weighted by atomic mass is 16.5. The second kappa shape index (κ2) is 5.13. The van der Waals surface area contributed by atoms with Crippen molar-refractivity contribution in [3.63, 3.8) is 0 Å². The van der Waals surface area contributed by atoms with Crippen LogP contribution >= 0.6 is 0 Å². The fourth-order valence-electron chi connectivity index (χ4n) is 1.94. The van der Waals surface area contributed by atoms with Crippen LogP contribution in [0.5, 0.6) is 0 Å². The zero-order valence-corrected chi connectivity index (χ0v) is 11.3. The molecule has 2 aromatic rings. The van der Waals surface area contributed by atoms with Gasteiger partial charge in [0.1, 0.15) is 11.6 Å². The maximum atomic E-state index is 11.6. The molecule has 0 saturated carbocycles. The number of carbonyl (C=O) groups is 1. The average Bonchev–Trinajstić information content (AvgIpc) is 2.94. The summed E-state index contributed by atoms with van der Waals surface area (Å²) in [6.45, 7) is 2.50. The van der Waals surface area contributed by atoms with Gasteiger partial charge < -0.3 is 15.0 Å². The smallest absolute Gasteiger partial charge is 0.360 e. The van der Waals surface area contributed by atoms with Gasteiger partial charge in [-0.25, -0.2) is 9.78 Å². The molecule has 2 heterocycles. The third-order valence-corrected chi connectivity index (χ3v) is 2.88. The molecule has 0 aliphatic carbocycles. The molecule has 0 fully saturated rings. The molecule has 0 bridgehead atoms. The zero-order chi connectivity index (χ0) is 14.0. The van der Waals surface area contributed by atoms with E-state index in [0.29, 0.717) is 18.8 Å². The molecule has 0 amide bonds. The van der Waals surface area contributed by atoms with Crippen LogP contribution in [0.25, 0.3) is 0 Å². The Morgan fingerprint density at radius 2 is 2.26 bits per heavy atom. The predicted molar refractivity (Wildman–Crippen MR) is 69.7 cm³/mol. The minimum absolute atomic E-state index is 0.170. The molecule has 102 valence electrons. The molecule has 2 N–H and O–H groups in total. The van der Waals surface area contributed by atoms with E-state index in [9.17, 15) is 4.79 Å². The third-order valence-electron chi connectivity index (χ3n) is 2.88. The van der Waals surface area contributed by atoms with E-state index in [-0.39, 0.29) is 5.69 Å². The van der Waals surface area contributed by atoms with Crippen LogP contribution in [0, 0.1) is 0 Å². The molecule has 7 heteroatoms. The summed E-state index contributed by atoms with van der Waals surface area (Å²) in [6.07, 6.45) is 4.34. The monoisotopic (exact) mass is 263 g/mol. The van der Waals surface area contributed by atoms with Crippen LogP contribution in [0.4, 0.5) is 5.82 Å². The van der Waals surface area contributed by atoms with Gasteiger partial charge in [-0.3, -0.25) is 4.68 Å². The molecular formula is C12H17N5O2. The third kappa shape index (κ3) is 2.44. The van der Waals surface area contributed by atoms with Gasteiger partial charge in [-0.1, -0.05) is 6.92 Å². The van der Waals surface area contributed by atoms with E-state index >= 15 is 0 Å². The Bertz CT molecular complexity index is 599. The van der Waals surface area contributed by atoms with Crippen molar-refractivity contribution in [2.45, 2.75) is 19.9 Å². The van der Waals surface area contributed by atoms with Crippen LogP contribution in [0.15, 0.2) is 12.4 Å². The quantitative estimate of drug-likeness (QED) is 0.816. The van der Waals surface area contributed by atoms with Gasteiger partial charge in [-0.15, -0.1) is 0 Å². The first-order valence-electron chi connectivity index (χ1n) is 5.97. The van der Waals surface area contributed by atoms with Crippen molar-refractivity contribution in [1.82, 2.24) is 19.3 Å². The molecule has 7 nitrogen and oxygen atoms in total. The van der Waals surface area contributed by atoms with E-state index in [1.807, 2.05) is 24.7 Å². The zero-order valence-electron chi connectivity index (χ0n) is 11.3. The number of rotatable bonds is 4. The van der Waals surface area contributed by atoms with Crippen molar-refractivity contribution >= 4 is 11.8 Å². The van der Waals surface area contributed by atoms with E-state index in [4.69, 9.17) is 5.73 Å². The lowest BCUT2D eigenvalue weighted by atomic mass is 10.3. The Balaban J connectivity index is 2.38. The van der Waals surface area contributed by atoms with Crippen molar-refractivity contribution in [1.29, 1.82) is 0 Å². The second-order valence-corrected chi connectivity index (χ2v) is 4.22. The van der Waals surface area contributed by atoms with Gasteiger partial charge in [0.25, 0.3) is 0 Å². The number of anilines is 1. The number of esters is 1. The van der Waals surface area contributed by atoms with Crippen molar-refractivity contribution in [2.75, 3.05) is 12.8 Å². The number of carbonyl (C=O) groups excluding carboxylic acids is 1. The molecule has 0 atom stereocenters. The Morgan fingerprint density at radius 3 is 2.79 bits per heavy atom. The largest absolute Gasteiger partial charge is 0.464 e. The Kier molecular flexibility index (Phi) is 3.55. The number of aromatic nitrogens is 4. The van der Waals surface area contributed by atoms with E-state index < -0.39 is 5.97 Å². The standard InChI is InChI=1S/C12H17N5O2/c1-4-9-15-10(12(18)19-3)11(13)17(9)7-8-5-14-16(2)6-8/h5-6H,4,7,13H2,1-3H3. The number of hydrogen-bond donors (Lipinski definition) is 1. The normalized spacial score (nSPS) is 10.7. The summed E-state index contributed by atoms with van der Waals surface area (Å²) in [7, 11) is 3.16. The van der Waals surface area contributed by atoms with Gasteiger partial charge in [0.05, 0.1) is 19.9 Å². The van der Waals surface area contributed by atoms with Gasteiger partial charge in [-0.2, -0.15) is 5.10 Å². The molecule has 0 radical (unpaired) electrons.